The second kappa shape index (κ2) is 16.2. The number of hydrogen-bond donors (Lipinski definition) is 3. The average Bonchev–Trinajstić information content (AvgIpc) is 2.91. The van der Waals surface area contributed by atoms with Gasteiger partial charge in [-0.2, -0.15) is 0 Å². The fourth-order valence-electron chi connectivity index (χ4n) is 3.39. The molecule has 3 aromatic rings. The van der Waals surface area contributed by atoms with E-state index in [0.717, 1.165) is 29.2 Å². The maximum Gasteiger partial charge on any atom is 0.344 e. The van der Waals surface area contributed by atoms with Crippen molar-refractivity contribution in [3.8, 4) is 5.75 Å². The number of carbonyl (C=O) groups is 1. The molecule has 0 saturated carbocycles. The molecule has 0 aliphatic heterocycles. The highest BCUT2D eigenvalue weighted by Crippen LogP contribution is 2.26. The summed E-state index contributed by atoms with van der Waals surface area (Å²) in [5, 5.41) is 20.9. The molecule has 0 radical (unpaired) electrons. The van der Waals surface area contributed by atoms with Crippen LogP contribution in [0.15, 0.2) is 78.9 Å². The molecule has 3 aromatic carbocycles. The minimum atomic E-state index is -0.528. The van der Waals surface area contributed by atoms with E-state index in [0.29, 0.717) is 17.9 Å². The first-order chi connectivity index (χ1) is 17.8. The van der Waals surface area contributed by atoms with Gasteiger partial charge in [-0.15, -0.1) is 0 Å². The quantitative estimate of drug-likeness (QED) is 0.195. The lowest BCUT2D eigenvalue weighted by molar-refractivity contribution is -0.146. The second-order valence-corrected chi connectivity index (χ2v) is 9.33. The Bertz CT molecular complexity index is 1060. The Labute approximate surface area is 221 Å². The van der Waals surface area contributed by atoms with Gasteiger partial charge >= 0.3 is 5.97 Å². The van der Waals surface area contributed by atoms with E-state index in [2.05, 4.69) is 57.3 Å². The lowest BCUT2D eigenvalue weighted by Crippen LogP contribution is -2.17. The van der Waals surface area contributed by atoms with Crippen LogP contribution in [0.2, 0.25) is 0 Å². The van der Waals surface area contributed by atoms with Gasteiger partial charge in [-0.05, 0) is 53.3 Å². The third-order valence-corrected chi connectivity index (χ3v) is 5.23. The first kappa shape index (κ1) is 29.6. The van der Waals surface area contributed by atoms with E-state index < -0.39 is 5.97 Å². The van der Waals surface area contributed by atoms with Crippen LogP contribution in [-0.2, 0) is 16.0 Å². The molecule has 37 heavy (non-hydrogen) atoms. The predicted octanol–water partition coefficient (Wildman–Crippen LogP) is 6.44. The molecule has 0 aliphatic rings. The number of aliphatic hydroxyl groups excluding tert-OH is 1. The molecule has 198 valence electrons. The Balaban J connectivity index is 0.00000112. The van der Waals surface area contributed by atoms with Crippen molar-refractivity contribution in [2.75, 3.05) is 25.1 Å². The lowest BCUT2D eigenvalue weighted by atomic mass is 9.97. The molecule has 1 atom stereocenters. The third-order valence-electron chi connectivity index (χ3n) is 5.23. The van der Waals surface area contributed by atoms with Gasteiger partial charge in [0, 0.05) is 17.8 Å². The Morgan fingerprint density at radius 1 is 0.946 bits per heavy atom. The van der Waals surface area contributed by atoms with Crippen molar-refractivity contribution in [3.63, 3.8) is 0 Å². The van der Waals surface area contributed by atoms with Crippen molar-refractivity contribution in [1.82, 2.24) is 0 Å². The average molecular weight is 505 g/mol. The fraction of sp³-hybridized carbons (Fsp3) is 0.355. The highest BCUT2D eigenvalue weighted by molar-refractivity contribution is 5.98. The second-order valence-electron chi connectivity index (χ2n) is 9.33. The van der Waals surface area contributed by atoms with E-state index in [4.69, 9.17) is 20.0 Å². The Kier molecular flexibility index (Phi) is 12.9. The molecule has 6 heteroatoms. The summed E-state index contributed by atoms with van der Waals surface area (Å²) < 4.78 is 10.3. The number of rotatable bonds is 12. The molecular weight excluding hydrogens is 464 g/mol. The number of nitrogens with one attached hydrogen (secondary N) is 2. The standard InChI is InChI=1S/C27H30N2O4.C4H10/c1-2-20-8-12-23(13-9-20)29-26(18-25(28)21-6-4-3-5-7-21)22-10-14-24(15-11-22)33-19-27(31)32-17-16-30;1-4(2)3/h3-15,26,28-30H,2,16-19H2,1H3;4H,1-3H3. The van der Waals surface area contributed by atoms with Gasteiger partial charge in [-0.25, -0.2) is 4.79 Å². The Morgan fingerprint density at radius 3 is 2.14 bits per heavy atom. The lowest BCUT2D eigenvalue weighted by Gasteiger charge is -2.22. The summed E-state index contributed by atoms with van der Waals surface area (Å²) in [6.45, 7) is 8.15. The van der Waals surface area contributed by atoms with E-state index in [9.17, 15) is 4.79 Å². The van der Waals surface area contributed by atoms with Crippen molar-refractivity contribution in [2.24, 2.45) is 5.92 Å². The first-order valence-corrected chi connectivity index (χ1v) is 12.8. The summed E-state index contributed by atoms with van der Waals surface area (Å²) >= 11 is 0. The smallest absolute Gasteiger partial charge is 0.344 e. The summed E-state index contributed by atoms with van der Waals surface area (Å²) in [6.07, 6.45) is 1.49. The van der Waals surface area contributed by atoms with Crippen LogP contribution >= 0.6 is 0 Å². The molecule has 3 rings (SSSR count). The summed E-state index contributed by atoms with van der Waals surface area (Å²) in [7, 11) is 0. The summed E-state index contributed by atoms with van der Waals surface area (Å²) in [5.41, 5.74) is 4.71. The van der Waals surface area contributed by atoms with Crippen LogP contribution in [-0.4, -0.2) is 36.6 Å². The molecule has 0 bridgehead atoms. The van der Waals surface area contributed by atoms with Crippen LogP contribution in [0.5, 0.6) is 5.75 Å². The molecule has 0 aliphatic carbocycles. The highest BCUT2D eigenvalue weighted by Gasteiger charge is 2.16. The van der Waals surface area contributed by atoms with Gasteiger partial charge in [-0.1, -0.05) is 82.3 Å². The maximum absolute atomic E-state index is 11.6. The fourth-order valence-corrected chi connectivity index (χ4v) is 3.39. The highest BCUT2D eigenvalue weighted by atomic mass is 16.6. The van der Waals surface area contributed by atoms with E-state index in [1.807, 2.05) is 42.5 Å². The van der Waals surface area contributed by atoms with E-state index in [1.54, 1.807) is 12.1 Å². The number of ether oxygens (including phenoxy) is 2. The van der Waals surface area contributed by atoms with Gasteiger partial charge < -0.3 is 25.3 Å². The number of aliphatic hydroxyl groups is 1. The van der Waals surface area contributed by atoms with Gasteiger partial charge in [-0.3, -0.25) is 0 Å². The zero-order valence-corrected chi connectivity index (χ0v) is 22.4. The molecule has 0 amide bonds. The van der Waals surface area contributed by atoms with E-state index >= 15 is 0 Å². The molecule has 0 fully saturated rings. The molecule has 1 unspecified atom stereocenters. The van der Waals surface area contributed by atoms with Crippen molar-refractivity contribution in [2.45, 2.75) is 46.6 Å². The molecule has 0 heterocycles. The van der Waals surface area contributed by atoms with E-state index in [1.165, 1.54) is 5.56 Å². The van der Waals surface area contributed by atoms with Gasteiger partial charge in [0.15, 0.2) is 6.61 Å². The van der Waals surface area contributed by atoms with Crippen molar-refractivity contribution < 1.29 is 19.4 Å². The zero-order valence-electron chi connectivity index (χ0n) is 22.4. The number of benzene rings is 3. The zero-order chi connectivity index (χ0) is 27.0. The normalized spacial score (nSPS) is 11.2. The first-order valence-electron chi connectivity index (χ1n) is 12.8. The third kappa shape index (κ3) is 11.3. The van der Waals surface area contributed by atoms with Crippen LogP contribution in [0.4, 0.5) is 5.69 Å². The number of anilines is 1. The van der Waals surface area contributed by atoms with Crippen LogP contribution in [0, 0.1) is 11.3 Å². The SMILES string of the molecule is CC(C)C.CCc1ccc(NC(CC(=N)c2ccccc2)c2ccc(OCC(=O)OCCO)cc2)cc1. The van der Waals surface area contributed by atoms with Crippen LogP contribution < -0.4 is 10.1 Å². The van der Waals surface area contributed by atoms with Gasteiger partial charge in [0.2, 0.25) is 0 Å². The minimum absolute atomic E-state index is 0.0406. The number of esters is 1. The summed E-state index contributed by atoms with van der Waals surface area (Å²) in [6, 6.07) is 25.4. The number of hydrogen-bond acceptors (Lipinski definition) is 6. The maximum atomic E-state index is 11.6. The Morgan fingerprint density at radius 2 is 1.57 bits per heavy atom. The molecule has 6 nitrogen and oxygen atoms in total. The van der Waals surface area contributed by atoms with Crippen LogP contribution in [0.25, 0.3) is 0 Å². The van der Waals surface area contributed by atoms with Crippen molar-refractivity contribution in [3.05, 3.63) is 95.6 Å². The van der Waals surface area contributed by atoms with Crippen LogP contribution in [0.1, 0.15) is 56.8 Å². The molecule has 0 aromatic heterocycles. The van der Waals surface area contributed by atoms with Gasteiger partial charge in [0.25, 0.3) is 0 Å². The van der Waals surface area contributed by atoms with Crippen LogP contribution in [0.3, 0.4) is 0 Å². The number of carbonyl (C=O) groups excluding carboxylic acids is 1. The largest absolute Gasteiger partial charge is 0.482 e. The molecule has 0 saturated heterocycles. The molecule has 3 N–H and O–H groups in total. The monoisotopic (exact) mass is 504 g/mol. The summed E-state index contributed by atoms with van der Waals surface area (Å²) in [4.78, 5) is 11.6. The molecule has 0 spiro atoms. The number of aryl methyl sites for hydroxylation is 1. The Hall–Kier alpha value is -3.64. The van der Waals surface area contributed by atoms with Crippen molar-refractivity contribution >= 4 is 17.4 Å². The topological polar surface area (TPSA) is 91.6 Å². The van der Waals surface area contributed by atoms with Crippen molar-refractivity contribution in [1.29, 1.82) is 5.41 Å². The van der Waals surface area contributed by atoms with Gasteiger partial charge in [0.05, 0.1) is 12.6 Å². The summed E-state index contributed by atoms with van der Waals surface area (Å²) in [5.74, 6) is 0.850. The van der Waals surface area contributed by atoms with Gasteiger partial charge in [0.1, 0.15) is 12.4 Å². The van der Waals surface area contributed by atoms with E-state index in [-0.39, 0.29) is 25.9 Å². The molecular formula is C31H40N2O4. The predicted molar refractivity (Wildman–Crippen MR) is 151 cm³/mol. The minimum Gasteiger partial charge on any atom is -0.482 e.